The third-order valence-corrected chi connectivity index (χ3v) is 14.7. The average Bonchev–Trinajstić information content (AvgIpc) is 2.93. The van der Waals surface area contributed by atoms with Gasteiger partial charge in [0.15, 0.2) is 5.78 Å². The van der Waals surface area contributed by atoms with Gasteiger partial charge in [-0.1, -0.05) is 84.4 Å². The number of hydrogen-bond acceptors (Lipinski definition) is 4. The molecule has 6 rings (SSSR count). The SMILES string of the molecule is CC(=O)O[C@H]1CC[C@@]2(C)C(CC[C@]3(C)C2C(=O)C=C2C4[C@@H](C)[C@H](C)CC[C@]4(C(=O)Cc4ccccc4)CC[C@]23C)C1(C)C. The molecule has 4 fully saturated rings. The van der Waals surface area contributed by atoms with E-state index in [0.717, 1.165) is 56.9 Å². The lowest BCUT2D eigenvalue weighted by Gasteiger charge is -2.70. The Balaban J connectivity index is 1.42. The molecule has 0 heterocycles. The molecule has 43 heavy (non-hydrogen) atoms. The molecule has 0 saturated heterocycles. The molecule has 4 saturated carbocycles. The number of fused-ring (bicyclic) bond motifs is 7. The quantitative estimate of drug-likeness (QED) is 0.332. The number of allylic oxidation sites excluding steroid dienone is 2. The van der Waals surface area contributed by atoms with Crippen molar-refractivity contribution in [2.75, 3.05) is 0 Å². The molecule has 234 valence electrons. The molecule has 0 bridgehead atoms. The van der Waals surface area contributed by atoms with Gasteiger partial charge in [-0.2, -0.15) is 0 Å². The topological polar surface area (TPSA) is 60.4 Å². The Kier molecular flexibility index (Phi) is 7.26. The summed E-state index contributed by atoms with van der Waals surface area (Å²) in [5.74, 6) is 1.71. The molecule has 5 aliphatic carbocycles. The van der Waals surface area contributed by atoms with Crippen LogP contribution in [0.2, 0.25) is 0 Å². The number of Topliss-reactive ketones (excluding diaryl/α,β-unsaturated/α-hetero) is 1. The van der Waals surface area contributed by atoms with Crippen LogP contribution in [0.1, 0.15) is 112 Å². The molecule has 0 spiro atoms. The fourth-order valence-electron chi connectivity index (χ4n) is 12.1. The number of rotatable bonds is 4. The Morgan fingerprint density at radius 3 is 2.26 bits per heavy atom. The van der Waals surface area contributed by atoms with Gasteiger partial charge in [0.05, 0.1) is 0 Å². The van der Waals surface area contributed by atoms with Crippen LogP contribution in [0.5, 0.6) is 0 Å². The fourth-order valence-corrected chi connectivity index (χ4v) is 12.1. The summed E-state index contributed by atoms with van der Waals surface area (Å²) in [6.45, 7) is 18.0. The highest BCUT2D eigenvalue weighted by atomic mass is 16.5. The van der Waals surface area contributed by atoms with Crippen molar-refractivity contribution in [3.05, 3.63) is 47.5 Å². The second-order valence-electron chi connectivity index (χ2n) is 16.8. The first-order chi connectivity index (χ1) is 20.1. The number of benzene rings is 1. The van der Waals surface area contributed by atoms with Crippen LogP contribution < -0.4 is 0 Å². The number of hydrogen-bond donors (Lipinski definition) is 0. The van der Waals surface area contributed by atoms with E-state index in [1.807, 2.05) is 18.2 Å². The Bertz CT molecular complexity index is 1340. The molecule has 5 aliphatic rings. The van der Waals surface area contributed by atoms with E-state index in [4.69, 9.17) is 4.74 Å². The van der Waals surface area contributed by atoms with E-state index in [1.165, 1.54) is 12.5 Å². The first-order valence-electron chi connectivity index (χ1n) is 17.1. The highest BCUT2D eigenvalue weighted by molar-refractivity contribution is 5.96. The highest BCUT2D eigenvalue weighted by Crippen LogP contribution is 2.75. The normalized spacial score (nSPS) is 45.0. The standard InChI is InChI=1S/C39H54O4/c1-24-14-19-39(31(42)22-27-12-10-9-11-13-27)21-20-37(7)28(33(39)25(24)2)23-29(41)34-36(6)17-16-32(43-26(3)40)35(4,5)30(36)15-18-38(34,37)8/h9-13,23-25,30,32-34H,14-22H2,1-8H3/t24-,25+,30?,32+,33?,34?,36+,37-,38-,39-/m1/s1. The van der Waals surface area contributed by atoms with Crippen LogP contribution in [0.25, 0.3) is 0 Å². The van der Waals surface area contributed by atoms with Crippen molar-refractivity contribution in [2.24, 2.45) is 56.7 Å². The van der Waals surface area contributed by atoms with Gasteiger partial charge in [0.25, 0.3) is 0 Å². The van der Waals surface area contributed by atoms with Crippen LogP contribution in [0.15, 0.2) is 42.0 Å². The second kappa shape index (κ2) is 10.1. The summed E-state index contributed by atoms with van der Waals surface area (Å²) in [5.41, 5.74) is 1.38. The molecule has 0 radical (unpaired) electrons. The molecular weight excluding hydrogens is 532 g/mol. The van der Waals surface area contributed by atoms with Gasteiger partial charge in [-0.05, 0) is 103 Å². The van der Waals surface area contributed by atoms with E-state index >= 15 is 0 Å². The first-order valence-corrected chi connectivity index (χ1v) is 17.1. The van der Waals surface area contributed by atoms with Crippen molar-refractivity contribution in [3.63, 3.8) is 0 Å². The molecule has 0 amide bonds. The lowest BCUT2D eigenvalue weighted by atomic mass is 9.33. The van der Waals surface area contributed by atoms with Crippen LogP contribution in [-0.4, -0.2) is 23.6 Å². The van der Waals surface area contributed by atoms with Crippen molar-refractivity contribution in [1.82, 2.24) is 0 Å². The van der Waals surface area contributed by atoms with Gasteiger partial charge >= 0.3 is 5.97 Å². The van der Waals surface area contributed by atoms with Crippen molar-refractivity contribution < 1.29 is 19.1 Å². The summed E-state index contributed by atoms with van der Waals surface area (Å²) in [7, 11) is 0. The monoisotopic (exact) mass is 586 g/mol. The Labute approximate surface area is 259 Å². The molecule has 10 atom stereocenters. The third-order valence-electron chi connectivity index (χ3n) is 14.7. The maximum absolute atomic E-state index is 14.7. The zero-order valence-electron chi connectivity index (χ0n) is 27.9. The summed E-state index contributed by atoms with van der Waals surface area (Å²) in [4.78, 5) is 41.2. The van der Waals surface area contributed by atoms with E-state index < -0.39 is 0 Å². The van der Waals surface area contributed by atoms with Crippen LogP contribution in [-0.2, 0) is 25.5 Å². The summed E-state index contributed by atoms with van der Waals surface area (Å²) < 4.78 is 5.88. The number of carbonyl (C=O) groups excluding carboxylic acids is 3. The van der Waals surface area contributed by atoms with E-state index in [9.17, 15) is 14.4 Å². The van der Waals surface area contributed by atoms with Crippen molar-refractivity contribution >= 4 is 17.5 Å². The third kappa shape index (κ3) is 4.23. The molecule has 0 aliphatic heterocycles. The van der Waals surface area contributed by atoms with Gasteiger partial charge < -0.3 is 4.74 Å². The molecule has 4 nitrogen and oxygen atoms in total. The van der Waals surface area contributed by atoms with Gasteiger partial charge in [-0.25, -0.2) is 0 Å². The number of ether oxygens (including phenoxy) is 1. The smallest absolute Gasteiger partial charge is 0.302 e. The Morgan fingerprint density at radius 1 is 0.884 bits per heavy atom. The summed E-state index contributed by atoms with van der Waals surface area (Å²) in [5, 5.41) is 0. The first kappa shape index (κ1) is 30.8. The zero-order valence-corrected chi connectivity index (χ0v) is 27.9. The van der Waals surface area contributed by atoms with Gasteiger partial charge in [-0.15, -0.1) is 0 Å². The van der Waals surface area contributed by atoms with Crippen LogP contribution >= 0.6 is 0 Å². The molecule has 0 N–H and O–H groups in total. The lowest BCUT2D eigenvalue weighted by molar-refractivity contribution is -0.211. The largest absolute Gasteiger partial charge is 0.462 e. The van der Waals surface area contributed by atoms with Crippen molar-refractivity contribution in [3.8, 4) is 0 Å². The predicted molar refractivity (Wildman–Crippen MR) is 170 cm³/mol. The van der Waals surface area contributed by atoms with Gasteiger partial charge in [0, 0.05) is 30.1 Å². The fraction of sp³-hybridized carbons (Fsp3) is 0.718. The Morgan fingerprint density at radius 2 is 1.58 bits per heavy atom. The van der Waals surface area contributed by atoms with Crippen LogP contribution in [0.3, 0.4) is 0 Å². The lowest BCUT2D eigenvalue weighted by Crippen LogP contribution is -2.67. The van der Waals surface area contributed by atoms with Gasteiger partial charge in [0.2, 0.25) is 0 Å². The maximum Gasteiger partial charge on any atom is 0.302 e. The zero-order chi connectivity index (χ0) is 31.2. The summed E-state index contributed by atoms with van der Waals surface area (Å²) in [6.07, 6.45) is 10.1. The van der Waals surface area contributed by atoms with Crippen LogP contribution in [0, 0.1) is 56.7 Å². The van der Waals surface area contributed by atoms with E-state index in [-0.39, 0.29) is 51.0 Å². The number of carbonyl (C=O) groups is 3. The molecule has 0 aromatic heterocycles. The minimum absolute atomic E-state index is 0.0612. The average molecular weight is 587 g/mol. The molecule has 1 aromatic carbocycles. The minimum Gasteiger partial charge on any atom is -0.462 e. The van der Waals surface area contributed by atoms with E-state index in [2.05, 4.69) is 66.7 Å². The summed E-state index contributed by atoms with van der Waals surface area (Å²) >= 11 is 0. The maximum atomic E-state index is 14.7. The highest BCUT2D eigenvalue weighted by Gasteiger charge is 2.71. The van der Waals surface area contributed by atoms with Crippen molar-refractivity contribution in [1.29, 1.82) is 0 Å². The van der Waals surface area contributed by atoms with E-state index in [1.54, 1.807) is 0 Å². The van der Waals surface area contributed by atoms with Crippen molar-refractivity contribution in [2.45, 2.75) is 119 Å². The molecule has 3 unspecified atom stereocenters. The van der Waals surface area contributed by atoms with Gasteiger partial charge in [0.1, 0.15) is 11.9 Å². The second-order valence-corrected chi connectivity index (χ2v) is 16.8. The predicted octanol–water partition coefficient (Wildman–Crippen LogP) is 8.57. The number of esters is 1. The van der Waals surface area contributed by atoms with Crippen LogP contribution in [0.4, 0.5) is 0 Å². The molecule has 1 aromatic rings. The Hall–Kier alpha value is -2.23. The number of ketones is 2. The molecule has 4 heteroatoms. The summed E-state index contributed by atoms with van der Waals surface area (Å²) in [6, 6.07) is 10.2. The molecular formula is C39H54O4. The van der Waals surface area contributed by atoms with E-state index in [0.29, 0.717) is 35.7 Å². The minimum atomic E-state index is -0.387. The van der Waals surface area contributed by atoms with Gasteiger partial charge in [-0.3, -0.25) is 14.4 Å².